The Morgan fingerprint density at radius 2 is 2.03 bits per heavy atom. The molecule has 5 aromatic rings. The Kier molecular flexibility index (Phi) is 4.40. The Bertz CT molecular complexity index is 1320. The maximum Gasteiger partial charge on any atom is 0.214 e. The van der Waals surface area contributed by atoms with E-state index in [9.17, 15) is 4.79 Å². The molecule has 2 N–H and O–H groups in total. The number of anilines is 1. The number of Topliss-reactive ketones (excluding diaryl/α,β-unsaturated/α-hetero) is 1. The molecule has 1 atom stereocenters. The van der Waals surface area contributed by atoms with Crippen LogP contribution >= 0.6 is 0 Å². The smallest absolute Gasteiger partial charge is 0.214 e. The highest BCUT2D eigenvalue weighted by Gasteiger charge is 2.27. The highest BCUT2D eigenvalue weighted by molar-refractivity contribution is 6.11. The number of hydrogen-bond acceptors (Lipinski definition) is 5. The first-order valence-electron chi connectivity index (χ1n) is 9.53. The van der Waals surface area contributed by atoms with E-state index in [1.54, 1.807) is 31.6 Å². The molecule has 0 aliphatic rings. The van der Waals surface area contributed by atoms with Crippen LogP contribution in [0.2, 0.25) is 0 Å². The van der Waals surface area contributed by atoms with Gasteiger partial charge in [-0.3, -0.25) is 4.79 Å². The van der Waals surface area contributed by atoms with Crippen LogP contribution in [0, 0.1) is 0 Å². The van der Waals surface area contributed by atoms with Gasteiger partial charge in [0.2, 0.25) is 5.88 Å². The van der Waals surface area contributed by atoms with Crippen LogP contribution in [0.25, 0.3) is 16.6 Å². The molecule has 0 spiro atoms. The molecule has 0 bridgehead atoms. The monoisotopic (exact) mass is 397 g/mol. The predicted molar refractivity (Wildman–Crippen MR) is 115 cm³/mol. The van der Waals surface area contributed by atoms with E-state index in [4.69, 9.17) is 4.74 Å². The minimum atomic E-state index is -0.684. The van der Waals surface area contributed by atoms with Gasteiger partial charge in [-0.1, -0.05) is 24.3 Å². The summed E-state index contributed by atoms with van der Waals surface area (Å²) in [5.74, 6) is 0.389. The van der Waals surface area contributed by atoms with Gasteiger partial charge in [-0.05, 0) is 24.3 Å². The summed E-state index contributed by atoms with van der Waals surface area (Å²) in [5.41, 5.74) is 3.66. The van der Waals surface area contributed by atoms with Crippen molar-refractivity contribution in [3.8, 4) is 5.88 Å². The number of carbonyl (C=O) groups is 1. The van der Waals surface area contributed by atoms with Gasteiger partial charge < -0.3 is 19.4 Å². The lowest BCUT2D eigenvalue weighted by Gasteiger charge is -2.17. The molecule has 0 amide bonds. The Morgan fingerprint density at radius 3 is 2.90 bits per heavy atom. The lowest BCUT2D eigenvalue weighted by atomic mass is 10.0. The van der Waals surface area contributed by atoms with E-state index in [0.717, 1.165) is 22.2 Å². The van der Waals surface area contributed by atoms with Crippen LogP contribution in [0.1, 0.15) is 22.1 Å². The first kappa shape index (κ1) is 17.9. The molecule has 1 aromatic carbocycles. The summed E-state index contributed by atoms with van der Waals surface area (Å²) < 4.78 is 7.12. The average Bonchev–Trinajstić information content (AvgIpc) is 3.41. The Hall–Kier alpha value is -4.13. The van der Waals surface area contributed by atoms with Gasteiger partial charge in [0.1, 0.15) is 11.7 Å². The number of fused-ring (bicyclic) bond motifs is 2. The summed E-state index contributed by atoms with van der Waals surface area (Å²) in [6, 6.07) is 16.4. The lowest BCUT2D eigenvalue weighted by Crippen LogP contribution is -2.21. The molecule has 4 heterocycles. The second-order valence-corrected chi connectivity index (χ2v) is 6.91. The van der Waals surface area contributed by atoms with Crippen molar-refractivity contribution in [1.82, 2.24) is 19.4 Å². The number of methoxy groups -OCH3 is 1. The number of ether oxygens (including phenoxy) is 1. The number of nitrogens with one attached hydrogen (secondary N) is 2. The van der Waals surface area contributed by atoms with Crippen molar-refractivity contribution in [3.05, 3.63) is 90.6 Å². The summed E-state index contributed by atoms with van der Waals surface area (Å²) in [4.78, 5) is 25.7. The second-order valence-electron chi connectivity index (χ2n) is 6.91. The van der Waals surface area contributed by atoms with E-state index in [2.05, 4.69) is 20.3 Å². The van der Waals surface area contributed by atoms with Gasteiger partial charge in [-0.2, -0.15) is 0 Å². The SMILES string of the molecule is COc1cc(NC(C(=O)c2c[nH]c3ccccc23)c2cn3ccccc3n2)ccn1. The van der Waals surface area contributed by atoms with Crippen LogP contribution < -0.4 is 10.1 Å². The molecule has 30 heavy (non-hydrogen) atoms. The molecule has 4 aromatic heterocycles. The number of pyridine rings is 2. The second kappa shape index (κ2) is 7.36. The molecule has 1 unspecified atom stereocenters. The summed E-state index contributed by atoms with van der Waals surface area (Å²) in [5, 5.41) is 4.20. The van der Waals surface area contributed by atoms with Crippen LogP contribution in [0.4, 0.5) is 5.69 Å². The number of carbonyl (C=O) groups excluding carboxylic acids is 1. The minimum absolute atomic E-state index is 0.0772. The molecule has 0 aliphatic heterocycles. The fourth-order valence-corrected chi connectivity index (χ4v) is 3.58. The quantitative estimate of drug-likeness (QED) is 0.418. The molecule has 0 radical (unpaired) electrons. The Morgan fingerprint density at radius 1 is 1.17 bits per heavy atom. The zero-order chi connectivity index (χ0) is 20.5. The maximum atomic E-state index is 13.7. The van der Waals surface area contributed by atoms with Gasteiger partial charge in [0.15, 0.2) is 5.78 Å². The van der Waals surface area contributed by atoms with Crippen LogP contribution in [0.3, 0.4) is 0 Å². The zero-order valence-electron chi connectivity index (χ0n) is 16.2. The number of aromatic amines is 1. The fraction of sp³-hybridized carbons (Fsp3) is 0.0870. The van der Waals surface area contributed by atoms with Gasteiger partial charge in [0, 0.05) is 53.0 Å². The van der Waals surface area contributed by atoms with Crippen LogP contribution in [-0.4, -0.2) is 32.2 Å². The summed E-state index contributed by atoms with van der Waals surface area (Å²) in [6.07, 6.45) is 7.18. The van der Waals surface area contributed by atoms with Crippen LogP contribution in [0.15, 0.2) is 79.4 Å². The number of hydrogen-bond donors (Lipinski definition) is 2. The number of nitrogens with zero attached hydrogens (tertiary/aromatic N) is 3. The van der Waals surface area contributed by atoms with E-state index in [1.807, 2.05) is 59.3 Å². The van der Waals surface area contributed by atoms with Gasteiger partial charge in [0.05, 0.1) is 12.8 Å². The molecule has 0 aliphatic carbocycles. The van der Waals surface area contributed by atoms with Gasteiger partial charge in [-0.15, -0.1) is 0 Å². The predicted octanol–water partition coefficient (Wildman–Crippen LogP) is 4.26. The number of imidazole rings is 1. The van der Waals surface area contributed by atoms with E-state index >= 15 is 0 Å². The highest BCUT2D eigenvalue weighted by Crippen LogP contribution is 2.28. The number of H-pyrrole nitrogens is 1. The summed E-state index contributed by atoms with van der Waals surface area (Å²) >= 11 is 0. The lowest BCUT2D eigenvalue weighted by molar-refractivity contribution is 0.0970. The van der Waals surface area contributed by atoms with Crippen molar-refractivity contribution in [2.24, 2.45) is 0 Å². The Labute approximate surface area is 172 Å². The number of ketones is 1. The van der Waals surface area contributed by atoms with Gasteiger partial charge >= 0.3 is 0 Å². The summed E-state index contributed by atoms with van der Waals surface area (Å²) in [7, 11) is 1.56. The minimum Gasteiger partial charge on any atom is -0.481 e. The Balaban J connectivity index is 1.60. The fourth-order valence-electron chi connectivity index (χ4n) is 3.58. The van der Waals surface area contributed by atoms with Crippen molar-refractivity contribution in [1.29, 1.82) is 0 Å². The molecule has 0 saturated heterocycles. The van der Waals surface area contributed by atoms with E-state index in [-0.39, 0.29) is 5.78 Å². The standard InChI is InChI=1S/C23H19N5O2/c1-30-21-12-15(9-10-24-21)26-22(19-14-28-11-5-4-8-20(28)27-19)23(29)17-13-25-18-7-3-2-6-16(17)18/h2-14,22,25H,1H3,(H,24,26). The topological polar surface area (TPSA) is 84.3 Å². The zero-order valence-corrected chi connectivity index (χ0v) is 16.2. The van der Waals surface area contributed by atoms with Crippen LogP contribution in [0.5, 0.6) is 5.88 Å². The molecule has 7 nitrogen and oxygen atoms in total. The molecular formula is C23H19N5O2. The maximum absolute atomic E-state index is 13.7. The number of benzene rings is 1. The largest absolute Gasteiger partial charge is 0.481 e. The molecule has 5 rings (SSSR count). The third kappa shape index (κ3) is 3.16. The summed E-state index contributed by atoms with van der Waals surface area (Å²) in [6.45, 7) is 0. The van der Waals surface area contributed by atoms with Crippen molar-refractivity contribution >= 4 is 28.0 Å². The highest BCUT2D eigenvalue weighted by atomic mass is 16.5. The first-order valence-corrected chi connectivity index (χ1v) is 9.53. The molecular weight excluding hydrogens is 378 g/mol. The van der Waals surface area contributed by atoms with Gasteiger partial charge in [0.25, 0.3) is 0 Å². The third-order valence-corrected chi connectivity index (χ3v) is 5.05. The van der Waals surface area contributed by atoms with E-state index in [1.165, 1.54) is 0 Å². The average molecular weight is 397 g/mol. The van der Waals surface area contributed by atoms with Crippen molar-refractivity contribution in [2.75, 3.05) is 12.4 Å². The third-order valence-electron chi connectivity index (χ3n) is 5.05. The van der Waals surface area contributed by atoms with Crippen molar-refractivity contribution < 1.29 is 9.53 Å². The molecule has 148 valence electrons. The van der Waals surface area contributed by atoms with Crippen LogP contribution in [-0.2, 0) is 0 Å². The molecule has 0 fully saturated rings. The van der Waals surface area contributed by atoms with E-state index < -0.39 is 6.04 Å². The number of para-hydroxylation sites is 1. The number of aromatic nitrogens is 4. The van der Waals surface area contributed by atoms with Crippen molar-refractivity contribution in [3.63, 3.8) is 0 Å². The molecule has 7 heteroatoms. The normalized spacial score (nSPS) is 12.2. The number of rotatable bonds is 6. The molecule has 0 saturated carbocycles. The first-order chi connectivity index (χ1) is 14.7. The van der Waals surface area contributed by atoms with Gasteiger partial charge in [-0.25, -0.2) is 9.97 Å². The van der Waals surface area contributed by atoms with Crippen molar-refractivity contribution in [2.45, 2.75) is 6.04 Å². The van der Waals surface area contributed by atoms with E-state index in [0.29, 0.717) is 17.1 Å².